The van der Waals surface area contributed by atoms with Crippen molar-refractivity contribution in [2.24, 2.45) is 0 Å². The SMILES string of the molecule is CS(=O)(=O)c1ccc(-c2ccc(C(=CCOc3ccc(OC(Cl)C(=O)O)cc3)c3ccc(-c4ccc(S(C)(=O)=O)cc4)cc3)cc2)cc1. The van der Waals surface area contributed by atoms with Gasteiger partial charge in [0.1, 0.15) is 18.1 Å². The molecule has 0 saturated heterocycles. The molecule has 8 nitrogen and oxygen atoms in total. The highest BCUT2D eigenvalue weighted by Gasteiger charge is 2.15. The Morgan fingerprint density at radius 1 is 0.625 bits per heavy atom. The molecule has 0 saturated carbocycles. The van der Waals surface area contributed by atoms with Gasteiger partial charge in [0, 0.05) is 12.5 Å². The van der Waals surface area contributed by atoms with Crippen LogP contribution in [0.5, 0.6) is 11.5 Å². The van der Waals surface area contributed by atoms with Crippen molar-refractivity contribution in [3.63, 3.8) is 0 Å². The van der Waals surface area contributed by atoms with Gasteiger partial charge in [-0.3, -0.25) is 0 Å². The van der Waals surface area contributed by atoms with Crippen LogP contribution in [0, 0.1) is 0 Å². The summed E-state index contributed by atoms with van der Waals surface area (Å²) in [7, 11) is -6.59. The minimum Gasteiger partial charge on any atom is -0.490 e. The average Bonchev–Trinajstić information content (AvgIpc) is 3.07. The molecular weight excluding hydrogens is 672 g/mol. The Labute approximate surface area is 284 Å². The van der Waals surface area contributed by atoms with Crippen LogP contribution in [0.15, 0.2) is 137 Å². The minimum atomic E-state index is -3.29. The van der Waals surface area contributed by atoms with Crippen molar-refractivity contribution in [2.45, 2.75) is 15.4 Å². The summed E-state index contributed by atoms with van der Waals surface area (Å²) in [4.78, 5) is 11.5. The Kier molecular flexibility index (Phi) is 10.4. The number of benzene rings is 5. The maximum atomic E-state index is 11.9. The predicted octanol–water partition coefficient (Wildman–Crippen LogP) is 7.37. The summed E-state index contributed by atoms with van der Waals surface area (Å²) in [5.41, 5.74) is 4.85. The first kappa shape index (κ1) is 34.4. The second-order valence-corrected chi connectivity index (χ2v) is 15.3. The molecule has 1 unspecified atom stereocenters. The van der Waals surface area contributed by atoms with Crippen molar-refractivity contribution in [3.8, 4) is 33.8 Å². The number of ether oxygens (including phenoxy) is 2. The summed E-state index contributed by atoms with van der Waals surface area (Å²) in [6, 6.07) is 35.8. The number of hydrogen-bond donors (Lipinski definition) is 1. The molecule has 5 aromatic carbocycles. The number of aliphatic carboxylic acids is 1. The van der Waals surface area contributed by atoms with Crippen molar-refractivity contribution in [3.05, 3.63) is 139 Å². The number of carboxylic acids is 1. The maximum Gasteiger partial charge on any atom is 0.360 e. The summed E-state index contributed by atoms with van der Waals surface area (Å²) < 4.78 is 58.6. The fourth-order valence-corrected chi connectivity index (χ4v) is 6.25. The van der Waals surface area contributed by atoms with E-state index in [2.05, 4.69) is 0 Å². The lowest BCUT2D eigenvalue weighted by molar-refractivity contribution is -0.141. The lowest BCUT2D eigenvalue weighted by Crippen LogP contribution is -2.20. The quantitative estimate of drug-likeness (QED) is 0.134. The number of hydrogen-bond acceptors (Lipinski definition) is 7. The highest BCUT2D eigenvalue weighted by atomic mass is 35.5. The maximum absolute atomic E-state index is 11.9. The summed E-state index contributed by atoms with van der Waals surface area (Å²) in [5, 5.41) is 8.95. The minimum absolute atomic E-state index is 0.214. The van der Waals surface area contributed by atoms with Crippen LogP contribution in [-0.2, 0) is 24.5 Å². The third-order valence-electron chi connectivity index (χ3n) is 7.42. The molecule has 0 aliphatic heterocycles. The molecule has 5 rings (SSSR count). The van der Waals surface area contributed by atoms with Crippen LogP contribution < -0.4 is 9.47 Å². The zero-order chi connectivity index (χ0) is 34.5. The molecule has 0 aliphatic rings. The topological polar surface area (TPSA) is 124 Å². The van der Waals surface area contributed by atoms with Crippen LogP contribution in [0.3, 0.4) is 0 Å². The number of rotatable bonds is 12. The molecular formula is C37H31ClO8S2. The van der Waals surface area contributed by atoms with Gasteiger partial charge >= 0.3 is 5.97 Å². The number of carbonyl (C=O) groups is 1. The first-order chi connectivity index (χ1) is 22.8. The number of carboxylic acid groups (broad SMARTS) is 1. The van der Waals surface area contributed by atoms with Gasteiger partial charge in [0.25, 0.3) is 5.56 Å². The van der Waals surface area contributed by atoms with E-state index >= 15 is 0 Å². The average molecular weight is 703 g/mol. The van der Waals surface area contributed by atoms with E-state index in [0.717, 1.165) is 39.0 Å². The zero-order valence-electron chi connectivity index (χ0n) is 25.9. The van der Waals surface area contributed by atoms with E-state index in [0.29, 0.717) is 5.75 Å². The van der Waals surface area contributed by atoms with E-state index in [1.165, 1.54) is 12.5 Å². The number of alkyl halides is 1. The standard InChI is InChI=1S/C37H31ClO8S2/c1-47(41,42)33-19-11-27(12-20-33)25-3-7-29(8-4-25)35(23-24-45-31-15-17-32(18-16-31)46-36(38)37(39)40)30-9-5-26(6-10-30)28-13-21-34(22-14-28)48(2,43)44/h3-23,36H,24H2,1-2H3,(H,39,40). The third-order valence-corrected chi connectivity index (χ3v) is 9.95. The molecule has 1 N–H and O–H groups in total. The highest BCUT2D eigenvalue weighted by Crippen LogP contribution is 2.30. The summed E-state index contributed by atoms with van der Waals surface area (Å²) >= 11 is 5.65. The van der Waals surface area contributed by atoms with E-state index in [1.54, 1.807) is 72.8 Å². The lowest BCUT2D eigenvalue weighted by Gasteiger charge is -2.13. The Hall–Kier alpha value is -4.90. The van der Waals surface area contributed by atoms with Crippen molar-refractivity contribution >= 4 is 42.8 Å². The van der Waals surface area contributed by atoms with Gasteiger partial charge in [-0.1, -0.05) is 84.4 Å². The molecule has 11 heteroatoms. The highest BCUT2D eigenvalue weighted by molar-refractivity contribution is 7.91. The fourth-order valence-electron chi connectivity index (χ4n) is 4.88. The normalized spacial score (nSPS) is 12.1. The van der Waals surface area contributed by atoms with Crippen molar-refractivity contribution in [2.75, 3.05) is 19.1 Å². The molecule has 48 heavy (non-hydrogen) atoms. The van der Waals surface area contributed by atoms with Gasteiger partial charge in [-0.05, 0) is 93.6 Å². The Balaban J connectivity index is 1.40. The van der Waals surface area contributed by atoms with E-state index in [4.69, 9.17) is 26.2 Å². The zero-order valence-corrected chi connectivity index (χ0v) is 28.3. The van der Waals surface area contributed by atoms with Gasteiger partial charge in [-0.2, -0.15) is 0 Å². The predicted molar refractivity (Wildman–Crippen MR) is 187 cm³/mol. The monoisotopic (exact) mass is 702 g/mol. The van der Waals surface area contributed by atoms with Gasteiger partial charge in [-0.25, -0.2) is 21.6 Å². The van der Waals surface area contributed by atoms with Crippen molar-refractivity contribution in [1.29, 1.82) is 0 Å². The first-order valence-electron chi connectivity index (χ1n) is 14.6. The summed E-state index contributed by atoms with van der Waals surface area (Å²) in [6.07, 6.45) is 4.31. The molecule has 0 amide bonds. The van der Waals surface area contributed by atoms with Gasteiger partial charge < -0.3 is 14.6 Å². The van der Waals surface area contributed by atoms with Crippen LogP contribution in [0.1, 0.15) is 11.1 Å². The molecule has 0 aromatic heterocycles. The molecule has 0 radical (unpaired) electrons. The molecule has 0 bridgehead atoms. The van der Waals surface area contributed by atoms with E-state index in [1.807, 2.05) is 54.6 Å². The van der Waals surface area contributed by atoms with Gasteiger partial charge in [-0.15, -0.1) is 0 Å². The Bertz CT molecular complexity index is 2020. The van der Waals surface area contributed by atoms with E-state index < -0.39 is 31.2 Å². The van der Waals surface area contributed by atoms with Gasteiger partial charge in [0.15, 0.2) is 19.7 Å². The van der Waals surface area contributed by atoms with Crippen LogP contribution in [0.4, 0.5) is 0 Å². The second-order valence-electron chi connectivity index (χ2n) is 10.9. The van der Waals surface area contributed by atoms with Gasteiger partial charge in [0.2, 0.25) is 0 Å². The molecule has 0 spiro atoms. The summed E-state index contributed by atoms with van der Waals surface area (Å²) in [6.45, 7) is 0.214. The molecule has 246 valence electrons. The number of sulfone groups is 2. The first-order valence-corrected chi connectivity index (χ1v) is 18.8. The van der Waals surface area contributed by atoms with Crippen LogP contribution in [-0.4, -0.2) is 52.6 Å². The van der Waals surface area contributed by atoms with Crippen LogP contribution >= 0.6 is 11.6 Å². The number of halogens is 1. The molecule has 5 aromatic rings. The van der Waals surface area contributed by atoms with Crippen molar-refractivity contribution < 1.29 is 36.2 Å². The van der Waals surface area contributed by atoms with E-state index in [-0.39, 0.29) is 22.1 Å². The third kappa shape index (κ3) is 8.71. The lowest BCUT2D eigenvalue weighted by atomic mass is 9.94. The van der Waals surface area contributed by atoms with Crippen molar-refractivity contribution in [1.82, 2.24) is 0 Å². The molecule has 0 aliphatic carbocycles. The largest absolute Gasteiger partial charge is 0.490 e. The van der Waals surface area contributed by atoms with Gasteiger partial charge in [0.05, 0.1) is 9.79 Å². The van der Waals surface area contributed by atoms with Crippen LogP contribution in [0.2, 0.25) is 0 Å². The van der Waals surface area contributed by atoms with Crippen LogP contribution in [0.25, 0.3) is 27.8 Å². The molecule has 1 atom stereocenters. The Morgan fingerprint density at radius 3 is 1.33 bits per heavy atom. The smallest absolute Gasteiger partial charge is 0.360 e. The summed E-state index contributed by atoms with van der Waals surface area (Å²) in [5.74, 6) is -0.455. The molecule has 0 heterocycles. The molecule has 0 fully saturated rings. The Morgan fingerprint density at radius 2 is 0.979 bits per heavy atom. The fraction of sp³-hybridized carbons (Fsp3) is 0.108. The second kappa shape index (κ2) is 14.5. The van der Waals surface area contributed by atoms with E-state index in [9.17, 15) is 21.6 Å².